The van der Waals surface area contributed by atoms with Gasteiger partial charge >= 0.3 is 6.03 Å². The Morgan fingerprint density at radius 2 is 1.75 bits per heavy atom. The van der Waals surface area contributed by atoms with E-state index in [-0.39, 0.29) is 18.4 Å². The molecule has 2 N–H and O–H groups in total. The highest BCUT2D eigenvalue weighted by Gasteiger charge is 2.05. The van der Waals surface area contributed by atoms with Crippen LogP contribution in [0.5, 0.6) is 0 Å². The number of para-hydroxylation sites is 1. The quantitative estimate of drug-likeness (QED) is 0.771. The molecule has 0 saturated heterocycles. The van der Waals surface area contributed by atoms with E-state index in [4.69, 9.17) is 0 Å². The predicted molar refractivity (Wildman–Crippen MR) is 89.7 cm³/mol. The van der Waals surface area contributed by atoms with Crippen molar-refractivity contribution in [1.82, 2.24) is 15.3 Å². The van der Waals surface area contributed by atoms with Gasteiger partial charge in [0.2, 0.25) is 0 Å². The molecule has 6 heteroatoms. The smallest absolute Gasteiger partial charge is 0.319 e. The second kappa shape index (κ2) is 7.32. The number of benzene rings is 2. The molecule has 2 aromatic carbocycles. The van der Waals surface area contributed by atoms with E-state index in [2.05, 4.69) is 20.6 Å². The van der Waals surface area contributed by atoms with E-state index in [0.717, 1.165) is 5.56 Å². The summed E-state index contributed by atoms with van der Waals surface area (Å²) in [5, 5.41) is 5.46. The lowest BCUT2D eigenvalue weighted by atomic mass is 10.1. The van der Waals surface area contributed by atoms with Crippen molar-refractivity contribution in [2.24, 2.45) is 0 Å². The van der Waals surface area contributed by atoms with Crippen LogP contribution in [0.4, 0.5) is 14.9 Å². The number of nitrogens with one attached hydrogen (secondary N) is 2. The summed E-state index contributed by atoms with van der Waals surface area (Å²) < 4.78 is 13.0. The third kappa shape index (κ3) is 4.13. The van der Waals surface area contributed by atoms with Crippen LogP contribution in [0, 0.1) is 5.82 Å². The maximum Gasteiger partial charge on any atom is 0.319 e. The summed E-state index contributed by atoms with van der Waals surface area (Å²) in [4.78, 5) is 20.2. The fourth-order valence-electron chi connectivity index (χ4n) is 2.14. The van der Waals surface area contributed by atoms with Crippen molar-refractivity contribution in [3.05, 3.63) is 78.5 Å². The van der Waals surface area contributed by atoms with Gasteiger partial charge in [-0.05, 0) is 42.5 Å². The standard InChI is InChI=1S/C18H15FN4O/c19-14-8-6-13(7-9-14)17-10-16(21-12-22-17)11-20-18(24)23-15-4-2-1-3-5-15/h1-10,12H,11H2,(H2,20,23,24). The molecule has 3 rings (SSSR count). The molecule has 0 unspecified atom stereocenters. The third-order valence-corrected chi connectivity index (χ3v) is 3.33. The van der Waals surface area contributed by atoms with Crippen LogP contribution in [0.2, 0.25) is 0 Å². The first-order valence-electron chi connectivity index (χ1n) is 7.37. The van der Waals surface area contributed by atoms with E-state index in [1.54, 1.807) is 30.3 Å². The molecule has 24 heavy (non-hydrogen) atoms. The Hall–Kier alpha value is -3.28. The van der Waals surface area contributed by atoms with Gasteiger partial charge in [-0.3, -0.25) is 0 Å². The van der Waals surface area contributed by atoms with Crippen LogP contribution in [0.1, 0.15) is 5.69 Å². The van der Waals surface area contributed by atoms with Gasteiger partial charge in [-0.25, -0.2) is 19.2 Å². The molecule has 0 spiro atoms. The molecule has 0 radical (unpaired) electrons. The average Bonchev–Trinajstić information content (AvgIpc) is 2.62. The maximum atomic E-state index is 13.0. The lowest BCUT2D eigenvalue weighted by molar-refractivity contribution is 0.251. The number of anilines is 1. The molecule has 120 valence electrons. The number of hydrogen-bond acceptors (Lipinski definition) is 3. The maximum absolute atomic E-state index is 13.0. The number of rotatable bonds is 4. The second-order valence-electron chi connectivity index (χ2n) is 5.08. The number of nitrogens with zero attached hydrogens (tertiary/aromatic N) is 2. The zero-order valence-electron chi connectivity index (χ0n) is 12.7. The van der Waals surface area contributed by atoms with Crippen LogP contribution in [0.3, 0.4) is 0 Å². The van der Waals surface area contributed by atoms with Crippen molar-refractivity contribution in [3.8, 4) is 11.3 Å². The Morgan fingerprint density at radius 3 is 2.50 bits per heavy atom. The first-order chi connectivity index (χ1) is 11.7. The Balaban J connectivity index is 1.62. The molecule has 0 fully saturated rings. The molecule has 3 aromatic rings. The van der Waals surface area contributed by atoms with Gasteiger partial charge in [0.25, 0.3) is 0 Å². The van der Waals surface area contributed by atoms with Gasteiger partial charge in [0.15, 0.2) is 0 Å². The molecule has 0 saturated carbocycles. The number of halogens is 1. The first-order valence-corrected chi connectivity index (χ1v) is 7.37. The molecule has 0 bridgehead atoms. The van der Waals surface area contributed by atoms with Gasteiger partial charge < -0.3 is 10.6 Å². The molecule has 1 aromatic heterocycles. The molecule has 2 amide bonds. The molecule has 0 atom stereocenters. The van der Waals surface area contributed by atoms with Crippen molar-refractivity contribution in [3.63, 3.8) is 0 Å². The Morgan fingerprint density at radius 1 is 1.00 bits per heavy atom. The van der Waals surface area contributed by atoms with Crippen molar-refractivity contribution < 1.29 is 9.18 Å². The fourth-order valence-corrected chi connectivity index (χ4v) is 2.14. The molecular formula is C18H15FN4O. The van der Waals surface area contributed by atoms with Crippen LogP contribution in [0.25, 0.3) is 11.3 Å². The number of hydrogen-bond donors (Lipinski definition) is 2. The zero-order chi connectivity index (χ0) is 16.8. The van der Waals surface area contributed by atoms with E-state index in [0.29, 0.717) is 17.1 Å². The summed E-state index contributed by atoms with van der Waals surface area (Å²) in [6, 6.07) is 16.7. The molecule has 1 heterocycles. The largest absolute Gasteiger partial charge is 0.332 e. The van der Waals surface area contributed by atoms with E-state index in [9.17, 15) is 9.18 Å². The SMILES string of the molecule is O=C(NCc1cc(-c2ccc(F)cc2)ncn1)Nc1ccccc1. The Labute approximate surface area is 138 Å². The number of carbonyl (C=O) groups is 1. The monoisotopic (exact) mass is 322 g/mol. The van der Waals surface area contributed by atoms with Crippen LogP contribution in [0.15, 0.2) is 67.0 Å². The summed E-state index contributed by atoms with van der Waals surface area (Å²) in [5.41, 5.74) is 2.83. The van der Waals surface area contributed by atoms with Crippen molar-refractivity contribution in [2.75, 3.05) is 5.32 Å². The van der Waals surface area contributed by atoms with E-state index >= 15 is 0 Å². The highest BCUT2D eigenvalue weighted by atomic mass is 19.1. The van der Waals surface area contributed by atoms with Gasteiger partial charge in [0.05, 0.1) is 17.9 Å². The number of urea groups is 1. The van der Waals surface area contributed by atoms with Crippen LogP contribution in [-0.4, -0.2) is 16.0 Å². The van der Waals surface area contributed by atoms with Crippen molar-refractivity contribution >= 4 is 11.7 Å². The molecule has 0 aliphatic heterocycles. The van der Waals surface area contributed by atoms with Gasteiger partial charge in [-0.15, -0.1) is 0 Å². The summed E-state index contributed by atoms with van der Waals surface area (Å²) >= 11 is 0. The zero-order valence-corrected chi connectivity index (χ0v) is 12.7. The minimum Gasteiger partial charge on any atom is -0.332 e. The minimum atomic E-state index is -0.317. The first kappa shape index (κ1) is 15.6. The van der Waals surface area contributed by atoms with Crippen molar-refractivity contribution in [2.45, 2.75) is 6.54 Å². The predicted octanol–water partition coefficient (Wildman–Crippen LogP) is 3.60. The number of aromatic nitrogens is 2. The average molecular weight is 322 g/mol. The summed E-state index contributed by atoms with van der Waals surface area (Å²) in [6.45, 7) is 0.259. The van der Waals surface area contributed by atoms with Gasteiger partial charge in [-0.1, -0.05) is 18.2 Å². The Bertz CT molecular complexity index is 822. The van der Waals surface area contributed by atoms with Gasteiger partial charge in [0, 0.05) is 11.3 Å². The molecular weight excluding hydrogens is 307 g/mol. The molecule has 0 aliphatic carbocycles. The normalized spacial score (nSPS) is 10.2. The van der Waals surface area contributed by atoms with E-state index < -0.39 is 0 Å². The van der Waals surface area contributed by atoms with Gasteiger partial charge in [-0.2, -0.15) is 0 Å². The van der Waals surface area contributed by atoms with Gasteiger partial charge in [0.1, 0.15) is 12.1 Å². The highest BCUT2D eigenvalue weighted by molar-refractivity contribution is 5.89. The lowest BCUT2D eigenvalue weighted by Gasteiger charge is -2.08. The Kier molecular flexibility index (Phi) is 4.76. The third-order valence-electron chi connectivity index (χ3n) is 3.33. The summed E-state index contributed by atoms with van der Waals surface area (Å²) in [5.74, 6) is -0.299. The lowest BCUT2D eigenvalue weighted by Crippen LogP contribution is -2.28. The topological polar surface area (TPSA) is 66.9 Å². The summed E-state index contributed by atoms with van der Waals surface area (Å²) in [6.07, 6.45) is 1.42. The van der Waals surface area contributed by atoms with Crippen LogP contribution >= 0.6 is 0 Å². The number of amides is 2. The number of carbonyl (C=O) groups excluding carboxylic acids is 1. The summed E-state index contributed by atoms with van der Waals surface area (Å²) in [7, 11) is 0. The van der Waals surface area contributed by atoms with Crippen molar-refractivity contribution in [1.29, 1.82) is 0 Å². The van der Waals surface area contributed by atoms with E-state index in [1.165, 1.54) is 18.5 Å². The minimum absolute atomic E-state index is 0.259. The highest BCUT2D eigenvalue weighted by Crippen LogP contribution is 2.17. The van der Waals surface area contributed by atoms with Crippen LogP contribution in [-0.2, 0) is 6.54 Å². The molecule has 5 nitrogen and oxygen atoms in total. The molecule has 0 aliphatic rings. The second-order valence-corrected chi connectivity index (χ2v) is 5.08. The van der Waals surface area contributed by atoms with E-state index in [1.807, 2.05) is 18.2 Å². The fraction of sp³-hybridized carbons (Fsp3) is 0.0556. The van der Waals surface area contributed by atoms with Crippen LogP contribution < -0.4 is 10.6 Å².